The van der Waals surface area contributed by atoms with Crippen molar-refractivity contribution < 1.29 is 18.7 Å². The molecule has 2 aromatic heterocycles. The molecule has 3 N–H and O–H groups in total. The molecule has 0 saturated carbocycles. The average Bonchev–Trinajstić information content (AvgIpc) is 3.48. The molecular formula is C21H16FN7O3. The van der Waals surface area contributed by atoms with E-state index < -0.39 is 5.82 Å². The van der Waals surface area contributed by atoms with Gasteiger partial charge in [0.15, 0.2) is 17.3 Å². The lowest BCUT2D eigenvalue weighted by Gasteiger charge is -2.12. The minimum Gasteiger partial charge on any atom is -0.454 e. The summed E-state index contributed by atoms with van der Waals surface area (Å²) in [6.07, 6.45) is 1.13. The number of benzene rings is 2. The molecule has 32 heavy (non-hydrogen) atoms. The molecule has 4 aromatic rings. The number of hydrogen-bond donors (Lipinski definition) is 3. The molecule has 0 radical (unpaired) electrons. The highest BCUT2D eigenvalue weighted by Gasteiger charge is 2.16. The second-order valence-corrected chi connectivity index (χ2v) is 6.87. The van der Waals surface area contributed by atoms with Gasteiger partial charge in [-0.1, -0.05) is 18.2 Å². The molecule has 0 spiro atoms. The van der Waals surface area contributed by atoms with E-state index in [1.54, 1.807) is 36.4 Å². The molecule has 11 heteroatoms. The number of amides is 1. The third kappa shape index (κ3) is 4.03. The number of fused-ring (bicyclic) bond motifs is 1. The summed E-state index contributed by atoms with van der Waals surface area (Å²) in [5.74, 6) is 0.924. The number of nitrogens with zero attached hydrogens (tertiary/aromatic N) is 4. The van der Waals surface area contributed by atoms with Crippen LogP contribution in [0.25, 0.3) is 11.4 Å². The zero-order chi connectivity index (χ0) is 21.9. The van der Waals surface area contributed by atoms with E-state index in [1.165, 1.54) is 6.07 Å². The molecule has 160 valence electrons. The van der Waals surface area contributed by atoms with Crippen LogP contribution >= 0.6 is 0 Å². The highest BCUT2D eigenvalue weighted by molar-refractivity contribution is 5.92. The molecule has 1 aliphatic heterocycles. The number of aromatic amines is 1. The Morgan fingerprint density at radius 1 is 1.09 bits per heavy atom. The highest BCUT2D eigenvalue weighted by Crippen LogP contribution is 2.33. The number of aromatic nitrogens is 5. The number of carbonyl (C=O) groups excluding carboxylic acids is 1. The van der Waals surface area contributed by atoms with Crippen molar-refractivity contribution in [1.29, 1.82) is 0 Å². The molecule has 3 heterocycles. The first kappa shape index (κ1) is 19.4. The van der Waals surface area contributed by atoms with Crippen molar-refractivity contribution in [2.45, 2.75) is 6.42 Å². The van der Waals surface area contributed by atoms with E-state index in [-0.39, 0.29) is 30.6 Å². The molecule has 0 atom stereocenters. The maximum atomic E-state index is 14.4. The summed E-state index contributed by atoms with van der Waals surface area (Å²) < 4.78 is 25.0. The van der Waals surface area contributed by atoms with Gasteiger partial charge >= 0.3 is 0 Å². The molecule has 10 nitrogen and oxygen atoms in total. The summed E-state index contributed by atoms with van der Waals surface area (Å²) in [6, 6.07) is 13.8. The third-order valence-corrected chi connectivity index (χ3v) is 4.71. The van der Waals surface area contributed by atoms with E-state index in [0.29, 0.717) is 28.6 Å². The molecule has 1 amide bonds. The molecule has 1 aliphatic rings. The Bertz CT molecular complexity index is 1280. The van der Waals surface area contributed by atoms with Crippen molar-refractivity contribution in [3.63, 3.8) is 0 Å². The first-order valence-corrected chi connectivity index (χ1v) is 9.59. The van der Waals surface area contributed by atoms with Crippen LogP contribution in [0.3, 0.4) is 0 Å². The van der Waals surface area contributed by atoms with Crippen LogP contribution in [0.5, 0.6) is 11.5 Å². The zero-order valence-corrected chi connectivity index (χ0v) is 16.5. The van der Waals surface area contributed by atoms with E-state index >= 15 is 0 Å². The summed E-state index contributed by atoms with van der Waals surface area (Å²) >= 11 is 0. The smallest absolute Gasteiger partial charge is 0.231 e. The fraction of sp³-hybridized carbons (Fsp3) is 0.0952. The minimum atomic E-state index is -0.582. The van der Waals surface area contributed by atoms with Crippen LogP contribution in [0.15, 0.2) is 54.7 Å². The van der Waals surface area contributed by atoms with Crippen molar-refractivity contribution in [3.8, 4) is 22.9 Å². The number of hydrogen-bond acceptors (Lipinski definition) is 8. The van der Waals surface area contributed by atoms with Gasteiger partial charge in [-0.15, -0.1) is 10.2 Å². The monoisotopic (exact) mass is 433 g/mol. The molecule has 0 bridgehead atoms. The largest absolute Gasteiger partial charge is 0.454 e. The Balaban J connectivity index is 1.32. The van der Waals surface area contributed by atoms with Gasteiger partial charge in [-0.25, -0.2) is 9.37 Å². The SMILES string of the molecule is O=C(Cc1ccc2c(c1)OCO2)Nc1cc(Nc2ccccc2-c2nn[nH]n2)c(F)cn1. The lowest BCUT2D eigenvalue weighted by Crippen LogP contribution is -2.15. The summed E-state index contributed by atoms with van der Waals surface area (Å²) in [5.41, 5.74) is 2.08. The van der Waals surface area contributed by atoms with Crippen LogP contribution in [-0.2, 0) is 11.2 Å². The van der Waals surface area contributed by atoms with Gasteiger partial charge in [-0.3, -0.25) is 4.79 Å². The van der Waals surface area contributed by atoms with E-state index in [2.05, 4.69) is 36.2 Å². The van der Waals surface area contributed by atoms with Crippen molar-refractivity contribution in [1.82, 2.24) is 25.6 Å². The lowest BCUT2D eigenvalue weighted by molar-refractivity contribution is -0.115. The second-order valence-electron chi connectivity index (χ2n) is 6.87. The van der Waals surface area contributed by atoms with Crippen LogP contribution in [0.4, 0.5) is 21.6 Å². The van der Waals surface area contributed by atoms with Crippen molar-refractivity contribution >= 4 is 23.1 Å². The van der Waals surface area contributed by atoms with Gasteiger partial charge < -0.3 is 20.1 Å². The molecule has 0 saturated heterocycles. The quantitative estimate of drug-likeness (QED) is 0.423. The second kappa shape index (κ2) is 8.30. The Hall–Kier alpha value is -4.54. The van der Waals surface area contributed by atoms with Gasteiger partial charge in [-0.2, -0.15) is 5.21 Å². The molecule has 5 rings (SSSR count). The van der Waals surface area contributed by atoms with Gasteiger partial charge in [0.05, 0.1) is 18.3 Å². The van der Waals surface area contributed by atoms with Gasteiger partial charge in [0.25, 0.3) is 0 Å². The standard InChI is InChI=1S/C21H16FN7O3/c22-14-10-23-19(25-20(30)8-12-5-6-17-18(7-12)32-11-31-17)9-16(14)24-15-4-2-1-3-13(15)21-26-28-29-27-21/h1-7,9-10H,8,11H2,(H2,23,24,25,30)(H,26,27,28,29). The number of carbonyl (C=O) groups is 1. The number of para-hydroxylation sites is 1. The van der Waals surface area contributed by atoms with Crippen LogP contribution in [0, 0.1) is 5.82 Å². The number of H-pyrrole nitrogens is 1. The average molecular weight is 433 g/mol. The summed E-state index contributed by atoms with van der Waals surface area (Å²) in [6.45, 7) is 0.163. The fourth-order valence-corrected chi connectivity index (χ4v) is 3.23. The fourth-order valence-electron chi connectivity index (χ4n) is 3.23. The lowest BCUT2D eigenvalue weighted by atomic mass is 10.1. The highest BCUT2D eigenvalue weighted by atomic mass is 19.1. The normalized spacial score (nSPS) is 11.9. The number of halogens is 1. The Morgan fingerprint density at radius 3 is 2.84 bits per heavy atom. The Labute approximate surface area is 180 Å². The Morgan fingerprint density at radius 2 is 1.97 bits per heavy atom. The van der Waals surface area contributed by atoms with Crippen molar-refractivity contribution in [3.05, 3.63) is 66.1 Å². The van der Waals surface area contributed by atoms with Crippen LogP contribution in [0.1, 0.15) is 5.56 Å². The number of nitrogens with one attached hydrogen (secondary N) is 3. The Kier molecular flexibility index (Phi) is 5.04. The summed E-state index contributed by atoms with van der Waals surface area (Å²) in [4.78, 5) is 16.4. The molecule has 0 unspecified atom stereocenters. The first-order valence-electron chi connectivity index (χ1n) is 9.59. The van der Waals surface area contributed by atoms with Gasteiger partial charge in [0.2, 0.25) is 18.5 Å². The third-order valence-electron chi connectivity index (χ3n) is 4.71. The number of tetrazole rings is 1. The summed E-state index contributed by atoms with van der Waals surface area (Å²) in [7, 11) is 0. The molecule has 0 fully saturated rings. The maximum Gasteiger partial charge on any atom is 0.231 e. The molecule has 0 aliphatic carbocycles. The number of ether oxygens (including phenoxy) is 2. The van der Waals surface area contributed by atoms with E-state index in [9.17, 15) is 9.18 Å². The van der Waals surface area contributed by atoms with E-state index in [1.807, 2.05) is 6.07 Å². The van der Waals surface area contributed by atoms with E-state index in [0.717, 1.165) is 11.8 Å². The predicted octanol–water partition coefficient (Wildman–Crippen LogP) is 3.05. The number of pyridine rings is 1. The van der Waals surface area contributed by atoms with Crippen LogP contribution < -0.4 is 20.1 Å². The van der Waals surface area contributed by atoms with Gasteiger partial charge in [0.1, 0.15) is 5.82 Å². The van der Waals surface area contributed by atoms with E-state index in [4.69, 9.17) is 9.47 Å². The molecule has 2 aromatic carbocycles. The minimum absolute atomic E-state index is 0.0963. The molecular weight excluding hydrogens is 417 g/mol. The van der Waals surface area contributed by atoms with Gasteiger partial charge in [0, 0.05) is 17.3 Å². The van der Waals surface area contributed by atoms with Crippen LogP contribution in [0.2, 0.25) is 0 Å². The van der Waals surface area contributed by atoms with Crippen LogP contribution in [-0.4, -0.2) is 38.3 Å². The van der Waals surface area contributed by atoms with Gasteiger partial charge in [-0.05, 0) is 35.0 Å². The first-order chi connectivity index (χ1) is 15.7. The number of anilines is 3. The van der Waals surface area contributed by atoms with Crippen molar-refractivity contribution in [2.24, 2.45) is 0 Å². The topological polar surface area (TPSA) is 127 Å². The number of rotatable bonds is 6. The maximum absolute atomic E-state index is 14.4. The van der Waals surface area contributed by atoms with Crippen molar-refractivity contribution in [2.75, 3.05) is 17.4 Å². The predicted molar refractivity (Wildman–Crippen MR) is 112 cm³/mol. The summed E-state index contributed by atoms with van der Waals surface area (Å²) in [5, 5.41) is 19.6. The zero-order valence-electron chi connectivity index (χ0n) is 16.5.